The van der Waals surface area contributed by atoms with Crippen LogP contribution in [-0.2, 0) is 4.79 Å². The Morgan fingerprint density at radius 1 is 1.33 bits per heavy atom. The van der Waals surface area contributed by atoms with E-state index in [-0.39, 0.29) is 12.8 Å². The lowest BCUT2D eigenvalue weighted by atomic mass is 10.0. The van der Waals surface area contributed by atoms with E-state index in [1.54, 1.807) is 0 Å². The molecule has 0 aromatic carbocycles. The van der Waals surface area contributed by atoms with Crippen LogP contribution in [0.15, 0.2) is 11.6 Å². The SMILES string of the molecule is C/C=C(/C)CCC(O)C[C@@H](O)CC(=O)O. The van der Waals surface area contributed by atoms with Crippen LogP contribution in [0.4, 0.5) is 0 Å². The van der Waals surface area contributed by atoms with Crippen molar-refractivity contribution in [3.05, 3.63) is 11.6 Å². The van der Waals surface area contributed by atoms with E-state index in [0.717, 1.165) is 6.42 Å². The molecule has 0 aromatic rings. The molecule has 88 valence electrons. The van der Waals surface area contributed by atoms with Gasteiger partial charge in [-0.3, -0.25) is 4.79 Å². The molecule has 15 heavy (non-hydrogen) atoms. The fourth-order valence-electron chi connectivity index (χ4n) is 1.26. The number of aliphatic hydroxyl groups excluding tert-OH is 2. The summed E-state index contributed by atoms with van der Waals surface area (Å²) < 4.78 is 0. The average Bonchev–Trinajstić information content (AvgIpc) is 2.12. The molecule has 0 saturated heterocycles. The normalized spacial score (nSPS) is 16.1. The first-order chi connectivity index (χ1) is 6.95. The van der Waals surface area contributed by atoms with E-state index in [1.807, 2.05) is 19.9 Å². The Balaban J connectivity index is 3.73. The first-order valence-corrected chi connectivity index (χ1v) is 5.15. The maximum absolute atomic E-state index is 10.3. The standard InChI is InChI=1S/C11H20O4/c1-3-8(2)4-5-9(12)6-10(13)7-11(14)15/h3,9-10,12-13H,4-7H2,1-2H3,(H,14,15)/b8-3-/t9?,10-/m1/s1. The number of carboxylic acids is 1. The van der Waals surface area contributed by atoms with Crippen LogP contribution >= 0.6 is 0 Å². The second kappa shape index (κ2) is 7.43. The highest BCUT2D eigenvalue weighted by atomic mass is 16.4. The van der Waals surface area contributed by atoms with Crippen molar-refractivity contribution >= 4 is 5.97 Å². The molecule has 0 rings (SSSR count). The number of hydrogen-bond acceptors (Lipinski definition) is 3. The summed E-state index contributed by atoms with van der Waals surface area (Å²) >= 11 is 0. The van der Waals surface area contributed by atoms with Gasteiger partial charge in [0.05, 0.1) is 18.6 Å². The van der Waals surface area contributed by atoms with Crippen molar-refractivity contribution in [2.75, 3.05) is 0 Å². The molecule has 0 aliphatic rings. The number of carboxylic acid groups (broad SMARTS) is 1. The lowest BCUT2D eigenvalue weighted by Gasteiger charge is -2.14. The summed E-state index contributed by atoms with van der Waals surface area (Å²) in [5, 5.41) is 27.2. The molecule has 0 aromatic heterocycles. The van der Waals surface area contributed by atoms with E-state index in [2.05, 4.69) is 0 Å². The molecule has 0 fully saturated rings. The van der Waals surface area contributed by atoms with Crippen molar-refractivity contribution in [3.8, 4) is 0 Å². The minimum atomic E-state index is -1.04. The lowest BCUT2D eigenvalue weighted by Crippen LogP contribution is -2.20. The third-order valence-corrected chi connectivity index (χ3v) is 2.32. The maximum Gasteiger partial charge on any atom is 0.305 e. The number of aliphatic carboxylic acids is 1. The minimum absolute atomic E-state index is 0.128. The lowest BCUT2D eigenvalue weighted by molar-refractivity contribution is -0.139. The second-order valence-corrected chi connectivity index (χ2v) is 3.81. The Bertz CT molecular complexity index is 223. The van der Waals surface area contributed by atoms with Gasteiger partial charge in [-0.1, -0.05) is 11.6 Å². The van der Waals surface area contributed by atoms with Gasteiger partial charge in [-0.05, 0) is 33.1 Å². The summed E-state index contributed by atoms with van der Waals surface area (Å²) in [6.07, 6.45) is 1.55. The summed E-state index contributed by atoms with van der Waals surface area (Å²) in [4.78, 5) is 10.3. The van der Waals surface area contributed by atoms with Crippen LogP contribution in [0.1, 0.15) is 39.5 Å². The largest absolute Gasteiger partial charge is 0.481 e. The quantitative estimate of drug-likeness (QED) is 0.561. The number of allylic oxidation sites excluding steroid dienone is 2. The van der Waals surface area contributed by atoms with Crippen molar-refractivity contribution in [2.45, 2.75) is 51.7 Å². The van der Waals surface area contributed by atoms with Gasteiger partial charge in [0.25, 0.3) is 0 Å². The van der Waals surface area contributed by atoms with Crippen LogP contribution in [0.3, 0.4) is 0 Å². The van der Waals surface area contributed by atoms with Crippen LogP contribution in [-0.4, -0.2) is 33.5 Å². The molecule has 1 unspecified atom stereocenters. The van der Waals surface area contributed by atoms with Crippen molar-refractivity contribution in [2.24, 2.45) is 0 Å². The molecule has 0 saturated carbocycles. The molecule has 0 heterocycles. The Hall–Kier alpha value is -0.870. The zero-order valence-electron chi connectivity index (χ0n) is 9.31. The molecule has 4 heteroatoms. The second-order valence-electron chi connectivity index (χ2n) is 3.81. The highest BCUT2D eigenvalue weighted by molar-refractivity contribution is 5.67. The summed E-state index contributed by atoms with van der Waals surface area (Å²) in [6.45, 7) is 3.90. The Morgan fingerprint density at radius 3 is 2.40 bits per heavy atom. The molecule has 0 bridgehead atoms. The fraction of sp³-hybridized carbons (Fsp3) is 0.727. The minimum Gasteiger partial charge on any atom is -0.481 e. The summed E-state index contributed by atoms with van der Waals surface area (Å²) in [6, 6.07) is 0. The van der Waals surface area contributed by atoms with Gasteiger partial charge in [0.15, 0.2) is 0 Å². The Labute approximate surface area is 90.2 Å². The molecular formula is C11H20O4. The van der Waals surface area contributed by atoms with E-state index in [0.29, 0.717) is 6.42 Å². The third kappa shape index (κ3) is 8.15. The van der Waals surface area contributed by atoms with Crippen LogP contribution < -0.4 is 0 Å². The number of hydrogen-bond donors (Lipinski definition) is 3. The molecule has 0 aliphatic carbocycles. The van der Waals surface area contributed by atoms with Crippen molar-refractivity contribution in [1.82, 2.24) is 0 Å². The monoisotopic (exact) mass is 216 g/mol. The molecule has 0 spiro atoms. The summed E-state index contributed by atoms with van der Waals surface area (Å²) in [5.74, 6) is -1.04. The average molecular weight is 216 g/mol. The van der Waals surface area contributed by atoms with Gasteiger partial charge in [-0.25, -0.2) is 0 Å². The van der Waals surface area contributed by atoms with Crippen LogP contribution in [0, 0.1) is 0 Å². The van der Waals surface area contributed by atoms with E-state index in [1.165, 1.54) is 5.57 Å². The van der Waals surface area contributed by atoms with E-state index >= 15 is 0 Å². The van der Waals surface area contributed by atoms with Gasteiger partial charge in [0.2, 0.25) is 0 Å². The van der Waals surface area contributed by atoms with Gasteiger partial charge in [0.1, 0.15) is 0 Å². The Kier molecular flexibility index (Phi) is 6.99. The molecule has 3 N–H and O–H groups in total. The Morgan fingerprint density at radius 2 is 1.93 bits per heavy atom. The van der Waals surface area contributed by atoms with Crippen LogP contribution in [0.25, 0.3) is 0 Å². The molecule has 0 radical (unpaired) electrons. The van der Waals surface area contributed by atoms with Crippen LogP contribution in [0.2, 0.25) is 0 Å². The maximum atomic E-state index is 10.3. The number of rotatable bonds is 7. The smallest absolute Gasteiger partial charge is 0.305 e. The molecule has 2 atom stereocenters. The van der Waals surface area contributed by atoms with Crippen molar-refractivity contribution in [1.29, 1.82) is 0 Å². The predicted octanol–water partition coefficient (Wildman–Crippen LogP) is 1.32. The number of carbonyl (C=O) groups is 1. The fourth-order valence-corrected chi connectivity index (χ4v) is 1.26. The zero-order chi connectivity index (χ0) is 11.8. The molecule has 0 amide bonds. The van der Waals surface area contributed by atoms with Gasteiger partial charge >= 0.3 is 5.97 Å². The van der Waals surface area contributed by atoms with Gasteiger partial charge in [0, 0.05) is 0 Å². The number of aliphatic hydroxyl groups is 2. The topological polar surface area (TPSA) is 77.8 Å². The highest BCUT2D eigenvalue weighted by Gasteiger charge is 2.14. The first kappa shape index (κ1) is 14.1. The van der Waals surface area contributed by atoms with Crippen molar-refractivity contribution in [3.63, 3.8) is 0 Å². The van der Waals surface area contributed by atoms with Crippen molar-refractivity contribution < 1.29 is 20.1 Å². The van der Waals surface area contributed by atoms with E-state index in [4.69, 9.17) is 5.11 Å². The molecular weight excluding hydrogens is 196 g/mol. The van der Waals surface area contributed by atoms with E-state index < -0.39 is 18.2 Å². The molecule has 4 nitrogen and oxygen atoms in total. The van der Waals surface area contributed by atoms with Gasteiger partial charge < -0.3 is 15.3 Å². The summed E-state index contributed by atoms with van der Waals surface area (Å²) in [5.41, 5.74) is 1.18. The van der Waals surface area contributed by atoms with E-state index in [9.17, 15) is 15.0 Å². The van der Waals surface area contributed by atoms with Gasteiger partial charge in [-0.15, -0.1) is 0 Å². The third-order valence-electron chi connectivity index (χ3n) is 2.32. The molecule has 0 aliphatic heterocycles. The summed E-state index contributed by atoms with van der Waals surface area (Å²) in [7, 11) is 0. The predicted molar refractivity (Wildman–Crippen MR) is 57.5 cm³/mol. The zero-order valence-corrected chi connectivity index (χ0v) is 9.31. The first-order valence-electron chi connectivity index (χ1n) is 5.15. The van der Waals surface area contributed by atoms with Crippen LogP contribution in [0.5, 0.6) is 0 Å². The van der Waals surface area contributed by atoms with Gasteiger partial charge in [-0.2, -0.15) is 0 Å². The highest BCUT2D eigenvalue weighted by Crippen LogP contribution is 2.11.